The molecule has 90 valence electrons. The number of carbonyl (C=O) groups excluding carboxylic acids is 1. The topological polar surface area (TPSA) is 59.3 Å². The molecule has 0 unspecified atom stereocenters. The number of carbonyl (C=O) groups is 1. The number of nitrogens with zero attached hydrogens (tertiary/aromatic N) is 1. The Balaban J connectivity index is 3.35. The first kappa shape index (κ1) is 13.0. The molecule has 0 saturated heterocycles. The van der Waals surface area contributed by atoms with Gasteiger partial charge in [0.1, 0.15) is 5.75 Å². The second-order valence-electron chi connectivity index (χ2n) is 3.39. The van der Waals surface area contributed by atoms with Gasteiger partial charge in [0.25, 0.3) is 0 Å². The van der Waals surface area contributed by atoms with Crippen molar-refractivity contribution in [2.24, 2.45) is 0 Å². The van der Waals surface area contributed by atoms with Crippen molar-refractivity contribution in [3.63, 3.8) is 0 Å². The van der Waals surface area contributed by atoms with Crippen molar-refractivity contribution in [3.05, 3.63) is 28.8 Å². The second-order valence-corrected chi connectivity index (χ2v) is 3.39. The fourth-order valence-electron chi connectivity index (χ4n) is 1.65. The first-order valence-corrected chi connectivity index (χ1v) is 5.46. The van der Waals surface area contributed by atoms with Crippen LogP contribution in [0.3, 0.4) is 0 Å². The molecular weight excluding hydrogens is 218 g/mol. The molecule has 0 aliphatic carbocycles. The van der Waals surface area contributed by atoms with Crippen molar-refractivity contribution < 1.29 is 14.3 Å². The van der Waals surface area contributed by atoms with Gasteiger partial charge in [0.2, 0.25) is 0 Å². The molecule has 0 aromatic heterocycles. The van der Waals surface area contributed by atoms with E-state index in [-0.39, 0.29) is 0 Å². The minimum Gasteiger partial charge on any atom is -0.496 e. The summed E-state index contributed by atoms with van der Waals surface area (Å²) in [6.45, 7) is 3.97. The lowest BCUT2D eigenvalue weighted by atomic mass is 10.0. The molecule has 0 bridgehead atoms. The van der Waals surface area contributed by atoms with Crippen LogP contribution < -0.4 is 4.74 Å². The van der Waals surface area contributed by atoms with Crippen LogP contribution in [0.1, 0.15) is 35.3 Å². The second kappa shape index (κ2) is 5.90. The number of ether oxygens (including phenoxy) is 2. The maximum atomic E-state index is 11.8. The van der Waals surface area contributed by atoms with Gasteiger partial charge in [-0.1, -0.05) is 6.92 Å². The number of esters is 1. The molecule has 0 heterocycles. The number of benzene rings is 1. The maximum absolute atomic E-state index is 11.8. The summed E-state index contributed by atoms with van der Waals surface area (Å²) in [7, 11) is 1.52. The van der Waals surface area contributed by atoms with Crippen LogP contribution in [0.15, 0.2) is 12.1 Å². The lowest BCUT2D eigenvalue weighted by Gasteiger charge is -2.12. The SMILES string of the molecule is CCOC(=O)c1cc(C#N)cc(OC)c1CC. The Morgan fingerprint density at radius 3 is 2.59 bits per heavy atom. The third-order valence-electron chi connectivity index (χ3n) is 2.41. The molecule has 0 saturated carbocycles. The summed E-state index contributed by atoms with van der Waals surface area (Å²) in [6.07, 6.45) is 0.642. The molecule has 0 radical (unpaired) electrons. The minimum absolute atomic E-state index is 0.307. The number of hydrogen-bond donors (Lipinski definition) is 0. The van der Waals surface area contributed by atoms with E-state index in [0.29, 0.717) is 29.9 Å². The molecule has 0 spiro atoms. The zero-order chi connectivity index (χ0) is 12.8. The molecule has 1 rings (SSSR count). The van der Waals surface area contributed by atoms with Gasteiger partial charge in [-0.25, -0.2) is 4.79 Å². The summed E-state index contributed by atoms with van der Waals surface area (Å²) >= 11 is 0. The van der Waals surface area contributed by atoms with Gasteiger partial charge >= 0.3 is 5.97 Å². The predicted molar refractivity (Wildman–Crippen MR) is 63.0 cm³/mol. The molecule has 1 aromatic rings. The van der Waals surface area contributed by atoms with Crippen LogP contribution in [0.25, 0.3) is 0 Å². The van der Waals surface area contributed by atoms with E-state index in [1.165, 1.54) is 7.11 Å². The first-order valence-electron chi connectivity index (χ1n) is 5.46. The Kier molecular flexibility index (Phi) is 4.53. The summed E-state index contributed by atoms with van der Waals surface area (Å²) < 4.78 is 10.2. The summed E-state index contributed by atoms with van der Waals surface area (Å²) in [6, 6.07) is 5.17. The normalized spacial score (nSPS) is 9.53. The lowest BCUT2D eigenvalue weighted by Crippen LogP contribution is -2.09. The third-order valence-corrected chi connectivity index (χ3v) is 2.41. The van der Waals surface area contributed by atoms with Crippen LogP contribution in [0.2, 0.25) is 0 Å². The van der Waals surface area contributed by atoms with Crippen LogP contribution in [0.5, 0.6) is 5.75 Å². The molecule has 0 fully saturated rings. The van der Waals surface area contributed by atoms with Crippen molar-refractivity contribution in [1.82, 2.24) is 0 Å². The van der Waals surface area contributed by atoms with E-state index in [0.717, 1.165) is 5.56 Å². The van der Waals surface area contributed by atoms with E-state index < -0.39 is 5.97 Å². The summed E-state index contributed by atoms with van der Waals surface area (Å²) in [5, 5.41) is 8.90. The van der Waals surface area contributed by atoms with E-state index in [1.54, 1.807) is 19.1 Å². The summed E-state index contributed by atoms with van der Waals surface area (Å²) in [4.78, 5) is 11.8. The van der Waals surface area contributed by atoms with Crippen molar-refractivity contribution in [2.45, 2.75) is 20.3 Å². The van der Waals surface area contributed by atoms with E-state index >= 15 is 0 Å². The fraction of sp³-hybridized carbons (Fsp3) is 0.385. The molecule has 0 aliphatic heterocycles. The first-order chi connectivity index (χ1) is 8.17. The number of methoxy groups -OCH3 is 1. The summed E-state index contributed by atoms with van der Waals surface area (Å²) in [5.41, 5.74) is 1.57. The zero-order valence-corrected chi connectivity index (χ0v) is 10.2. The van der Waals surface area contributed by atoms with Gasteiger partial charge < -0.3 is 9.47 Å². The third kappa shape index (κ3) is 2.76. The van der Waals surface area contributed by atoms with Crippen molar-refractivity contribution in [3.8, 4) is 11.8 Å². The largest absolute Gasteiger partial charge is 0.496 e. The maximum Gasteiger partial charge on any atom is 0.338 e. The molecule has 0 N–H and O–H groups in total. The number of rotatable bonds is 4. The molecule has 1 aromatic carbocycles. The highest BCUT2D eigenvalue weighted by Gasteiger charge is 2.17. The summed E-state index contributed by atoms with van der Waals surface area (Å²) in [5.74, 6) is 0.134. The molecule has 17 heavy (non-hydrogen) atoms. The van der Waals surface area contributed by atoms with E-state index in [9.17, 15) is 4.79 Å². The van der Waals surface area contributed by atoms with E-state index in [1.807, 2.05) is 13.0 Å². The molecule has 4 heteroatoms. The van der Waals surface area contributed by atoms with Crippen molar-refractivity contribution in [1.29, 1.82) is 5.26 Å². The van der Waals surface area contributed by atoms with Gasteiger partial charge in [-0.2, -0.15) is 5.26 Å². The van der Waals surface area contributed by atoms with Gasteiger partial charge in [-0.15, -0.1) is 0 Å². The van der Waals surface area contributed by atoms with Crippen LogP contribution in [0, 0.1) is 11.3 Å². The fourth-order valence-corrected chi connectivity index (χ4v) is 1.65. The van der Waals surface area contributed by atoms with Gasteiger partial charge in [0, 0.05) is 5.56 Å². The van der Waals surface area contributed by atoms with Gasteiger partial charge in [-0.05, 0) is 25.5 Å². The van der Waals surface area contributed by atoms with E-state index in [2.05, 4.69) is 0 Å². The average Bonchev–Trinajstić information content (AvgIpc) is 2.37. The van der Waals surface area contributed by atoms with Gasteiger partial charge in [-0.3, -0.25) is 0 Å². The number of hydrogen-bond acceptors (Lipinski definition) is 4. The van der Waals surface area contributed by atoms with Crippen LogP contribution in [0.4, 0.5) is 0 Å². The van der Waals surface area contributed by atoms with Crippen molar-refractivity contribution >= 4 is 5.97 Å². The van der Waals surface area contributed by atoms with Gasteiger partial charge in [0.15, 0.2) is 0 Å². The molecular formula is C13H15NO3. The van der Waals surface area contributed by atoms with E-state index in [4.69, 9.17) is 14.7 Å². The van der Waals surface area contributed by atoms with Crippen LogP contribution in [-0.4, -0.2) is 19.7 Å². The molecule has 4 nitrogen and oxygen atoms in total. The highest BCUT2D eigenvalue weighted by Crippen LogP contribution is 2.25. The highest BCUT2D eigenvalue weighted by atomic mass is 16.5. The Morgan fingerprint density at radius 2 is 2.12 bits per heavy atom. The Hall–Kier alpha value is -2.02. The zero-order valence-electron chi connectivity index (χ0n) is 10.2. The average molecular weight is 233 g/mol. The molecule has 0 amide bonds. The Bertz CT molecular complexity index is 460. The highest BCUT2D eigenvalue weighted by molar-refractivity contribution is 5.92. The standard InChI is InChI=1S/C13H15NO3/c1-4-10-11(13(15)17-5-2)6-9(8-14)7-12(10)16-3/h6-7H,4-5H2,1-3H3. The van der Waals surface area contributed by atoms with Crippen LogP contribution >= 0.6 is 0 Å². The van der Waals surface area contributed by atoms with Crippen LogP contribution in [-0.2, 0) is 11.2 Å². The number of nitriles is 1. The molecule has 0 aliphatic rings. The van der Waals surface area contributed by atoms with Gasteiger partial charge in [0.05, 0.1) is 30.9 Å². The van der Waals surface area contributed by atoms with Crippen molar-refractivity contribution in [2.75, 3.05) is 13.7 Å². The minimum atomic E-state index is -0.417. The smallest absolute Gasteiger partial charge is 0.338 e. The quantitative estimate of drug-likeness (QED) is 0.749. The molecule has 0 atom stereocenters. The predicted octanol–water partition coefficient (Wildman–Crippen LogP) is 2.31. The Morgan fingerprint density at radius 1 is 1.41 bits per heavy atom. The Labute approximate surface area is 101 Å². The lowest BCUT2D eigenvalue weighted by molar-refractivity contribution is 0.0524. The monoisotopic (exact) mass is 233 g/mol.